The number of benzene rings is 1. The quantitative estimate of drug-likeness (QED) is 0.627. The predicted octanol–water partition coefficient (Wildman–Crippen LogP) is 1.90. The third-order valence-corrected chi connectivity index (χ3v) is 2.57. The molecule has 0 bridgehead atoms. The van der Waals surface area contributed by atoms with Gasteiger partial charge < -0.3 is 11.1 Å². The second-order valence-electron chi connectivity index (χ2n) is 5.31. The van der Waals surface area contributed by atoms with E-state index in [2.05, 4.69) is 5.32 Å². The van der Waals surface area contributed by atoms with E-state index in [9.17, 15) is 14.9 Å². The molecule has 6 nitrogen and oxygen atoms in total. The highest BCUT2D eigenvalue weighted by Gasteiger charge is 2.19. The van der Waals surface area contributed by atoms with Crippen molar-refractivity contribution >= 4 is 11.6 Å². The molecule has 1 atom stereocenters. The molecule has 0 aliphatic carbocycles. The molecule has 0 saturated carbocycles. The van der Waals surface area contributed by atoms with Crippen molar-refractivity contribution < 1.29 is 9.72 Å². The summed E-state index contributed by atoms with van der Waals surface area (Å²) < 4.78 is 0. The lowest BCUT2D eigenvalue weighted by atomic mass is 10.0. The molecular weight excluding hydrogens is 246 g/mol. The molecule has 1 aromatic rings. The van der Waals surface area contributed by atoms with Crippen LogP contribution in [0.25, 0.3) is 0 Å². The molecule has 104 valence electrons. The molecule has 19 heavy (non-hydrogen) atoms. The molecule has 1 aromatic carbocycles. The van der Waals surface area contributed by atoms with E-state index in [1.54, 1.807) is 32.9 Å². The van der Waals surface area contributed by atoms with Crippen LogP contribution in [0, 0.1) is 10.1 Å². The Hall–Kier alpha value is -1.95. The number of hydrogen-bond donors (Lipinski definition) is 2. The molecule has 0 saturated heterocycles. The molecule has 0 aromatic heterocycles. The minimum atomic E-state index is -0.577. The van der Waals surface area contributed by atoms with Gasteiger partial charge in [-0.2, -0.15) is 0 Å². The van der Waals surface area contributed by atoms with Crippen molar-refractivity contribution in [2.75, 3.05) is 0 Å². The van der Waals surface area contributed by atoms with Gasteiger partial charge in [0.25, 0.3) is 5.69 Å². The first kappa shape index (κ1) is 15.1. The van der Waals surface area contributed by atoms with Gasteiger partial charge in [0.15, 0.2) is 0 Å². The topological polar surface area (TPSA) is 98.3 Å². The van der Waals surface area contributed by atoms with Crippen LogP contribution in [-0.2, 0) is 4.79 Å². The molecular formula is C13H19N3O3. The molecule has 1 unspecified atom stereocenters. The summed E-state index contributed by atoms with van der Waals surface area (Å²) in [4.78, 5) is 22.0. The molecule has 0 aliphatic heterocycles. The third kappa shape index (κ3) is 5.05. The number of carbonyl (C=O) groups is 1. The molecule has 3 N–H and O–H groups in total. The molecule has 1 rings (SSSR count). The zero-order valence-corrected chi connectivity index (χ0v) is 11.3. The van der Waals surface area contributed by atoms with Crippen molar-refractivity contribution in [3.8, 4) is 0 Å². The summed E-state index contributed by atoms with van der Waals surface area (Å²) in [5.74, 6) is -0.175. The summed E-state index contributed by atoms with van der Waals surface area (Å²) in [7, 11) is 0. The number of nitro groups is 1. The van der Waals surface area contributed by atoms with Crippen LogP contribution in [0.2, 0.25) is 0 Å². The minimum absolute atomic E-state index is 0.0118. The van der Waals surface area contributed by atoms with Gasteiger partial charge >= 0.3 is 0 Å². The SMILES string of the molecule is CC(NC(=O)CC(C)(C)N)c1cccc([N+](=O)[O-])c1. The summed E-state index contributed by atoms with van der Waals surface area (Å²) in [6.45, 7) is 5.32. The number of non-ortho nitro benzene ring substituents is 1. The predicted molar refractivity (Wildman–Crippen MR) is 72.5 cm³/mol. The average molecular weight is 265 g/mol. The van der Waals surface area contributed by atoms with Crippen LogP contribution in [-0.4, -0.2) is 16.4 Å². The minimum Gasteiger partial charge on any atom is -0.350 e. The maximum atomic E-state index is 11.7. The number of nitro benzene ring substituents is 1. The summed E-state index contributed by atoms with van der Waals surface area (Å²) in [5, 5.41) is 13.5. The van der Waals surface area contributed by atoms with Crippen molar-refractivity contribution in [1.29, 1.82) is 0 Å². The van der Waals surface area contributed by atoms with Crippen LogP contribution >= 0.6 is 0 Å². The molecule has 0 fully saturated rings. The van der Waals surface area contributed by atoms with Crippen molar-refractivity contribution in [2.45, 2.75) is 38.8 Å². The van der Waals surface area contributed by atoms with Gasteiger partial charge in [-0.15, -0.1) is 0 Å². The van der Waals surface area contributed by atoms with Crippen molar-refractivity contribution in [1.82, 2.24) is 5.32 Å². The molecule has 0 heterocycles. The van der Waals surface area contributed by atoms with E-state index in [0.29, 0.717) is 5.56 Å². The second kappa shape index (κ2) is 5.79. The Balaban J connectivity index is 2.73. The van der Waals surface area contributed by atoms with Crippen LogP contribution in [0.1, 0.15) is 38.8 Å². The highest BCUT2D eigenvalue weighted by Crippen LogP contribution is 2.19. The number of hydrogen-bond acceptors (Lipinski definition) is 4. The maximum absolute atomic E-state index is 11.7. The summed E-state index contributed by atoms with van der Waals surface area (Å²) >= 11 is 0. The summed E-state index contributed by atoms with van der Waals surface area (Å²) in [5.41, 5.74) is 5.89. The second-order valence-corrected chi connectivity index (χ2v) is 5.31. The Bertz CT molecular complexity index is 480. The van der Waals surface area contributed by atoms with Crippen LogP contribution in [0.3, 0.4) is 0 Å². The first-order chi connectivity index (χ1) is 8.69. The maximum Gasteiger partial charge on any atom is 0.269 e. The van der Waals surface area contributed by atoms with Gasteiger partial charge in [0.2, 0.25) is 5.91 Å². The van der Waals surface area contributed by atoms with Gasteiger partial charge in [0.05, 0.1) is 11.0 Å². The van der Waals surface area contributed by atoms with Crippen molar-refractivity contribution in [3.05, 3.63) is 39.9 Å². The Kier molecular flexibility index (Phi) is 4.61. The lowest BCUT2D eigenvalue weighted by Crippen LogP contribution is -2.39. The Morgan fingerprint density at radius 3 is 2.68 bits per heavy atom. The number of carbonyl (C=O) groups excluding carboxylic acids is 1. The highest BCUT2D eigenvalue weighted by atomic mass is 16.6. The average Bonchev–Trinajstić information content (AvgIpc) is 2.26. The fourth-order valence-corrected chi connectivity index (χ4v) is 1.70. The third-order valence-electron chi connectivity index (χ3n) is 2.57. The Morgan fingerprint density at radius 2 is 2.16 bits per heavy atom. The van der Waals surface area contributed by atoms with Crippen LogP contribution in [0.15, 0.2) is 24.3 Å². The van der Waals surface area contributed by atoms with Crippen molar-refractivity contribution in [3.63, 3.8) is 0 Å². The van der Waals surface area contributed by atoms with Gasteiger partial charge in [0, 0.05) is 24.1 Å². The largest absolute Gasteiger partial charge is 0.350 e. The first-order valence-corrected chi connectivity index (χ1v) is 6.01. The van der Waals surface area contributed by atoms with Gasteiger partial charge in [0.1, 0.15) is 0 Å². The molecule has 6 heteroatoms. The monoisotopic (exact) mass is 265 g/mol. The van der Waals surface area contributed by atoms with Crippen LogP contribution < -0.4 is 11.1 Å². The number of amides is 1. The number of rotatable bonds is 5. The molecule has 0 spiro atoms. The lowest BCUT2D eigenvalue weighted by molar-refractivity contribution is -0.384. The highest BCUT2D eigenvalue weighted by molar-refractivity contribution is 5.77. The summed E-state index contributed by atoms with van der Waals surface area (Å²) in [6, 6.07) is 5.92. The zero-order chi connectivity index (χ0) is 14.6. The Morgan fingerprint density at radius 1 is 1.53 bits per heavy atom. The fourth-order valence-electron chi connectivity index (χ4n) is 1.70. The van der Waals surface area contributed by atoms with Crippen LogP contribution in [0.5, 0.6) is 0 Å². The van der Waals surface area contributed by atoms with E-state index in [-0.39, 0.29) is 24.1 Å². The normalized spacial score (nSPS) is 12.8. The number of nitrogens with zero attached hydrogens (tertiary/aromatic N) is 1. The molecule has 0 radical (unpaired) electrons. The van der Waals surface area contributed by atoms with E-state index in [0.717, 1.165) is 0 Å². The zero-order valence-electron chi connectivity index (χ0n) is 11.3. The fraction of sp³-hybridized carbons (Fsp3) is 0.462. The number of nitrogens with one attached hydrogen (secondary N) is 1. The number of nitrogens with two attached hydrogens (primary N) is 1. The lowest BCUT2D eigenvalue weighted by Gasteiger charge is -2.20. The van der Waals surface area contributed by atoms with Crippen LogP contribution in [0.4, 0.5) is 5.69 Å². The molecule has 1 amide bonds. The van der Waals surface area contributed by atoms with E-state index in [1.165, 1.54) is 12.1 Å². The van der Waals surface area contributed by atoms with E-state index >= 15 is 0 Å². The van der Waals surface area contributed by atoms with Gasteiger partial charge in [-0.25, -0.2) is 0 Å². The van der Waals surface area contributed by atoms with E-state index < -0.39 is 10.5 Å². The van der Waals surface area contributed by atoms with Gasteiger partial charge in [-0.3, -0.25) is 14.9 Å². The molecule has 0 aliphatic rings. The van der Waals surface area contributed by atoms with E-state index in [1.807, 2.05) is 0 Å². The Labute approximate surface area is 112 Å². The van der Waals surface area contributed by atoms with Gasteiger partial charge in [-0.1, -0.05) is 12.1 Å². The van der Waals surface area contributed by atoms with E-state index in [4.69, 9.17) is 5.73 Å². The first-order valence-electron chi connectivity index (χ1n) is 6.01. The summed E-state index contributed by atoms with van der Waals surface area (Å²) in [6.07, 6.45) is 0.201. The van der Waals surface area contributed by atoms with Crippen molar-refractivity contribution in [2.24, 2.45) is 5.73 Å². The standard InChI is InChI=1S/C13H19N3O3/c1-9(15-12(17)8-13(2,3)14)10-5-4-6-11(7-10)16(18)19/h4-7,9H,8,14H2,1-3H3,(H,15,17). The smallest absolute Gasteiger partial charge is 0.269 e. The van der Waals surface area contributed by atoms with Gasteiger partial charge in [-0.05, 0) is 26.3 Å².